The van der Waals surface area contributed by atoms with Crippen molar-refractivity contribution in [2.24, 2.45) is 0 Å². The van der Waals surface area contributed by atoms with Gasteiger partial charge < -0.3 is 5.11 Å². The second-order valence-electron chi connectivity index (χ2n) is 5.79. The van der Waals surface area contributed by atoms with Crippen LogP contribution in [0.1, 0.15) is 17.5 Å². The molecule has 1 aromatic carbocycles. The third kappa shape index (κ3) is 11.4. The second kappa shape index (κ2) is 13.3. The molecule has 1 aliphatic rings. The van der Waals surface area contributed by atoms with Gasteiger partial charge in [-0.2, -0.15) is 6.08 Å². The van der Waals surface area contributed by atoms with Crippen molar-refractivity contribution in [3.63, 3.8) is 0 Å². The number of hydrogen-bond acceptors (Lipinski definition) is 1. The van der Waals surface area contributed by atoms with E-state index in [1.54, 1.807) is 32.1 Å². The number of allylic oxidation sites excluding steroid dienone is 4. The standard InChI is InChI=1S/C8H10O.C8H13Si.CH2.2ClH.Ti/c1-6-3-7(2)5-8(9)4-6;1-9(2,3)8-6-4-5-7-8;;;;/h3-5,9H,1-2H3;4,6H,5H2,1-3H3;1H2;2*1H;/q;-1;;;;+1. The minimum absolute atomic E-state index is 0. The first-order valence-corrected chi connectivity index (χ1v) is 11.3. The monoisotopic (exact) mass is 393 g/mol. The Morgan fingerprint density at radius 2 is 1.50 bits per heavy atom. The summed E-state index contributed by atoms with van der Waals surface area (Å²) in [5.41, 5.74) is 2.21. The second-order valence-corrected chi connectivity index (χ2v) is 10.8. The van der Waals surface area contributed by atoms with Crippen molar-refractivity contribution in [2.75, 3.05) is 0 Å². The van der Waals surface area contributed by atoms with Crippen molar-refractivity contribution < 1.29 is 25.1 Å². The van der Waals surface area contributed by atoms with Gasteiger partial charge in [-0.15, -0.1) is 31.2 Å². The first-order chi connectivity index (χ1) is 9.29. The first kappa shape index (κ1) is 26.8. The van der Waals surface area contributed by atoms with Crippen LogP contribution in [0.5, 0.6) is 5.75 Å². The molecule has 22 heavy (non-hydrogen) atoms. The van der Waals surface area contributed by atoms with Crippen LogP contribution in [0, 0.1) is 19.9 Å². The molecule has 0 amide bonds. The Bertz CT molecular complexity index is 443. The number of rotatable bonds is 1. The summed E-state index contributed by atoms with van der Waals surface area (Å²) in [6.45, 7) is 11.0. The molecular weight excluding hydrogens is 367 g/mol. The third-order valence-electron chi connectivity index (χ3n) is 2.71. The van der Waals surface area contributed by atoms with E-state index >= 15 is 0 Å². The third-order valence-corrected chi connectivity index (χ3v) is 4.67. The molecule has 2 rings (SSSR count). The summed E-state index contributed by atoms with van der Waals surface area (Å²) in [6, 6.07) is 5.51. The van der Waals surface area contributed by atoms with E-state index in [-0.39, 0.29) is 24.8 Å². The summed E-state index contributed by atoms with van der Waals surface area (Å²) >= 11 is 1.75. The molecule has 1 nitrogen and oxygen atoms in total. The van der Waals surface area contributed by atoms with Gasteiger partial charge >= 0.3 is 24.8 Å². The molecule has 1 aliphatic carbocycles. The van der Waals surface area contributed by atoms with Gasteiger partial charge in [0.05, 0.1) is 0 Å². The van der Waals surface area contributed by atoms with Crippen LogP contribution < -0.4 is 0 Å². The molecular formula is C17H27Cl2OSiTi. The zero-order valence-corrected chi connectivity index (χ0v) is 18.3. The summed E-state index contributed by atoms with van der Waals surface area (Å²) in [5, 5.41) is 10.5. The Morgan fingerprint density at radius 3 is 1.73 bits per heavy atom. The number of aromatic hydroxyl groups is 1. The summed E-state index contributed by atoms with van der Waals surface area (Å²) in [4.78, 5) is 3.25. The van der Waals surface area contributed by atoms with Gasteiger partial charge in [-0.3, -0.25) is 6.08 Å². The molecule has 1 N–H and O–H groups in total. The fourth-order valence-electron chi connectivity index (χ4n) is 1.87. The summed E-state index contributed by atoms with van der Waals surface area (Å²) in [6.07, 6.45) is 8.82. The molecule has 0 saturated carbocycles. The quantitative estimate of drug-likeness (QED) is 0.502. The Hall–Kier alpha value is -0.119. The Kier molecular flexibility index (Phi) is 16.2. The average molecular weight is 394 g/mol. The first-order valence-electron chi connectivity index (χ1n) is 6.69. The van der Waals surface area contributed by atoms with E-state index < -0.39 is 8.07 Å². The van der Waals surface area contributed by atoms with Gasteiger partial charge in [-0.25, -0.2) is 11.3 Å². The zero-order valence-electron chi connectivity index (χ0n) is 14.1. The molecule has 0 heterocycles. The Morgan fingerprint density at radius 1 is 1.05 bits per heavy atom. The molecule has 0 fully saturated rings. The van der Waals surface area contributed by atoms with Crippen molar-refractivity contribution >= 4 is 37.7 Å². The fraction of sp³-hybridized carbons (Fsp3) is 0.353. The molecule has 0 aliphatic heterocycles. The minimum atomic E-state index is -1.01. The van der Waals surface area contributed by atoms with E-state index in [2.05, 4.69) is 42.7 Å². The predicted octanol–water partition coefficient (Wildman–Crippen LogP) is 5.37. The Balaban J connectivity index is -0.000000273. The maximum atomic E-state index is 8.99. The van der Waals surface area contributed by atoms with Gasteiger partial charge in [0.1, 0.15) is 5.75 Å². The van der Waals surface area contributed by atoms with Gasteiger partial charge in [-0.05, 0) is 37.1 Å². The molecule has 1 aromatic rings. The van der Waals surface area contributed by atoms with Crippen LogP contribution in [0.15, 0.2) is 35.5 Å². The van der Waals surface area contributed by atoms with E-state index in [1.807, 2.05) is 19.9 Å². The number of aryl methyl sites for hydroxylation is 2. The number of halogens is 2. The number of phenols is 1. The molecule has 0 radical (unpaired) electrons. The summed E-state index contributed by atoms with van der Waals surface area (Å²) in [7, 11) is -1.01. The average Bonchev–Trinajstić information content (AvgIpc) is 2.83. The van der Waals surface area contributed by atoms with Gasteiger partial charge in [0.25, 0.3) is 0 Å². The van der Waals surface area contributed by atoms with Gasteiger partial charge in [0.15, 0.2) is 0 Å². The molecule has 0 atom stereocenters. The van der Waals surface area contributed by atoms with Crippen LogP contribution in [0.25, 0.3) is 0 Å². The van der Waals surface area contributed by atoms with Crippen molar-refractivity contribution in [3.8, 4) is 5.75 Å². The maximum absolute atomic E-state index is 8.99. The van der Waals surface area contributed by atoms with Crippen LogP contribution in [0.2, 0.25) is 19.6 Å². The molecule has 0 saturated heterocycles. The summed E-state index contributed by atoms with van der Waals surface area (Å²) < 4.78 is 0. The van der Waals surface area contributed by atoms with Crippen molar-refractivity contribution in [3.05, 3.63) is 52.8 Å². The Labute approximate surface area is 160 Å². The molecule has 5 heteroatoms. The zero-order chi connectivity index (χ0) is 15.8. The fourth-order valence-corrected chi connectivity index (χ4v) is 3.12. The van der Waals surface area contributed by atoms with Gasteiger partial charge in [0.2, 0.25) is 0 Å². The van der Waals surface area contributed by atoms with E-state index in [1.165, 1.54) is 5.20 Å². The van der Waals surface area contributed by atoms with E-state index in [0.717, 1.165) is 17.5 Å². The van der Waals surface area contributed by atoms with Crippen molar-refractivity contribution in [1.82, 2.24) is 0 Å². The van der Waals surface area contributed by atoms with E-state index in [4.69, 9.17) is 5.11 Å². The topological polar surface area (TPSA) is 20.2 Å². The SMILES string of the molecule is C[Si](C)(C)C1=[C-]CC=C1.Cc1cc(C)cc(O)c1.Cl.Cl.[CH2]=[Ti+]. The molecule has 0 aromatic heterocycles. The van der Waals surface area contributed by atoms with Crippen LogP contribution in [0.4, 0.5) is 0 Å². The van der Waals surface area contributed by atoms with Crippen LogP contribution in [0.3, 0.4) is 0 Å². The molecule has 123 valence electrons. The van der Waals surface area contributed by atoms with Crippen molar-refractivity contribution in [1.29, 1.82) is 0 Å². The number of phenolic OH excluding ortho intramolecular Hbond substituents is 1. The number of benzene rings is 1. The van der Waals surface area contributed by atoms with Crippen LogP contribution >= 0.6 is 24.8 Å². The van der Waals surface area contributed by atoms with Crippen molar-refractivity contribution in [2.45, 2.75) is 39.9 Å². The molecule has 0 bridgehead atoms. The normalized spacial score (nSPS) is 11.7. The van der Waals surface area contributed by atoms with Crippen LogP contribution in [-0.2, 0) is 20.0 Å². The van der Waals surface area contributed by atoms with Crippen LogP contribution in [-0.4, -0.2) is 18.0 Å². The van der Waals surface area contributed by atoms with E-state index in [0.29, 0.717) is 5.75 Å². The molecule has 0 spiro atoms. The molecule has 0 unspecified atom stereocenters. The van der Waals surface area contributed by atoms with Gasteiger partial charge in [-0.1, -0.05) is 25.7 Å². The number of hydrogen-bond donors (Lipinski definition) is 1. The summed E-state index contributed by atoms with van der Waals surface area (Å²) in [5.74, 6) is 0.354. The predicted molar refractivity (Wildman–Crippen MR) is 103 cm³/mol. The van der Waals surface area contributed by atoms with Gasteiger partial charge in [0, 0.05) is 8.07 Å². The van der Waals surface area contributed by atoms with E-state index in [9.17, 15) is 0 Å².